The van der Waals surface area contributed by atoms with E-state index in [2.05, 4.69) is 15.7 Å². The number of hydrogen-bond acceptors (Lipinski definition) is 6. The molecule has 42 heavy (non-hydrogen) atoms. The Morgan fingerprint density at radius 2 is 1.79 bits per heavy atom. The lowest BCUT2D eigenvalue weighted by molar-refractivity contribution is -0.122. The molecule has 0 spiro atoms. The Hall–Kier alpha value is -4.09. The number of ether oxygens (including phenoxy) is 2. The van der Waals surface area contributed by atoms with Gasteiger partial charge in [0.2, 0.25) is 5.91 Å². The molecule has 1 aliphatic rings. The number of anilines is 2. The number of benzene rings is 2. The highest BCUT2D eigenvalue weighted by Crippen LogP contribution is 2.29. The molecule has 11 heteroatoms. The average molecular weight is 580 g/mol. The van der Waals surface area contributed by atoms with Crippen molar-refractivity contribution in [1.29, 1.82) is 0 Å². The van der Waals surface area contributed by atoms with E-state index in [0.717, 1.165) is 12.8 Å². The zero-order valence-corrected chi connectivity index (χ0v) is 24.7. The summed E-state index contributed by atoms with van der Waals surface area (Å²) in [6.45, 7) is 8.37. The maximum Gasteiger partial charge on any atom is 0.275 e. The molecule has 0 bridgehead atoms. The Labute approximate surface area is 245 Å². The van der Waals surface area contributed by atoms with Gasteiger partial charge in [0.15, 0.2) is 5.69 Å². The molecule has 1 fully saturated rings. The van der Waals surface area contributed by atoms with E-state index in [0.29, 0.717) is 41.3 Å². The third kappa shape index (κ3) is 7.59. The second-order valence-electron chi connectivity index (χ2n) is 10.9. The van der Waals surface area contributed by atoms with Crippen molar-refractivity contribution >= 4 is 29.1 Å². The van der Waals surface area contributed by atoms with Crippen LogP contribution in [0.15, 0.2) is 48.7 Å². The molecule has 3 aromatic rings. The van der Waals surface area contributed by atoms with Crippen LogP contribution in [0.3, 0.4) is 0 Å². The van der Waals surface area contributed by atoms with Crippen LogP contribution in [-0.2, 0) is 26.1 Å². The fourth-order valence-electron chi connectivity index (χ4n) is 5.03. The maximum absolute atomic E-state index is 14.1. The number of carbonyl (C=O) groups excluding carboxylic acids is 3. The van der Waals surface area contributed by atoms with E-state index in [1.165, 1.54) is 30.0 Å². The fourth-order valence-corrected chi connectivity index (χ4v) is 5.03. The third-order valence-corrected chi connectivity index (χ3v) is 7.36. The number of carbonyl (C=O) groups is 3. The first kappa shape index (κ1) is 30.9. The summed E-state index contributed by atoms with van der Waals surface area (Å²) < 4.78 is 27.1. The molecule has 1 aromatic heterocycles. The van der Waals surface area contributed by atoms with Gasteiger partial charge in [0, 0.05) is 56.9 Å². The molecule has 1 unspecified atom stereocenters. The lowest BCUT2D eigenvalue weighted by Gasteiger charge is -2.36. The first-order valence-corrected chi connectivity index (χ1v) is 13.9. The van der Waals surface area contributed by atoms with E-state index in [-0.39, 0.29) is 24.8 Å². The summed E-state index contributed by atoms with van der Waals surface area (Å²) in [5.74, 6) is -1.58. The van der Waals surface area contributed by atoms with Crippen LogP contribution in [0, 0.1) is 19.7 Å². The van der Waals surface area contributed by atoms with E-state index in [1.54, 1.807) is 56.0 Å². The molecule has 2 N–H and O–H groups in total. The molecule has 1 aliphatic heterocycles. The van der Waals surface area contributed by atoms with Crippen molar-refractivity contribution < 1.29 is 28.2 Å². The van der Waals surface area contributed by atoms with Gasteiger partial charge < -0.3 is 25.0 Å². The van der Waals surface area contributed by atoms with Crippen LogP contribution in [0.25, 0.3) is 0 Å². The molecule has 224 valence electrons. The van der Waals surface area contributed by atoms with Crippen LogP contribution in [0.1, 0.15) is 59.9 Å². The number of rotatable bonds is 10. The lowest BCUT2D eigenvalue weighted by atomic mass is 9.97. The van der Waals surface area contributed by atoms with Crippen LogP contribution in [0.5, 0.6) is 0 Å². The normalized spacial score (nSPS) is 15.1. The molecule has 3 amide bonds. The minimum atomic E-state index is -1.10. The fraction of sp³-hybridized carbons (Fsp3) is 0.419. The number of halogens is 1. The van der Waals surface area contributed by atoms with Crippen molar-refractivity contribution in [2.45, 2.75) is 52.2 Å². The minimum Gasteiger partial charge on any atom is -0.381 e. The number of amides is 3. The molecular formula is C31H38FN5O5. The standard InChI is InChI=1S/C31H38FN5O5/c1-20-18-24(32)8-11-26(20)34-29(39)28(23-6-9-25(10-7-23)33-22(3)38)37(30(40)27-21(2)19-36(5)35-27)14-17-42-31(4)12-15-41-16-13-31/h6-11,18-19,28H,12-17H2,1-5H3,(H,33,38)(H,34,39). The molecule has 10 nitrogen and oxygen atoms in total. The summed E-state index contributed by atoms with van der Waals surface area (Å²) in [6.07, 6.45) is 3.18. The minimum absolute atomic E-state index is 0.0965. The predicted molar refractivity (Wildman–Crippen MR) is 157 cm³/mol. The Bertz CT molecular complexity index is 1430. The molecule has 1 saturated heterocycles. The van der Waals surface area contributed by atoms with Gasteiger partial charge in [-0.1, -0.05) is 12.1 Å². The van der Waals surface area contributed by atoms with Crippen molar-refractivity contribution in [3.8, 4) is 0 Å². The second-order valence-corrected chi connectivity index (χ2v) is 10.9. The Morgan fingerprint density at radius 3 is 2.38 bits per heavy atom. The maximum atomic E-state index is 14.1. The van der Waals surface area contributed by atoms with Gasteiger partial charge in [-0.15, -0.1) is 0 Å². The number of nitrogens with one attached hydrogen (secondary N) is 2. The van der Waals surface area contributed by atoms with Gasteiger partial charge in [0.1, 0.15) is 11.9 Å². The zero-order chi connectivity index (χ0) is 30.4. The third-order valence-electron chi connectivity index (χ3n) is 7.36. The van der Waals surface area contributed by atoms with Crippen molar-refractivity contribution in [2.24, 2.45) is 7.05 Å². The highest BCUT2D eigenvalue weighted by Gasteiger charge is 2.35. The van der Waals surface area contributed by atoms with E-state index >= 15 is 0 Å². The van der Waals surface area contributed by atoms with E-state index in [1.807, 2.05) is 6.92 Å². The molecule has 2 heterocycles. The average Bonchev–Trinajstić information content (AvgIpc) is 3.27. The van der Waals surface area contributed by atoms with Gasteiger partial charge in [-0.05, 0) is 75.1 Å². The summed E-state index contributed by atoms with van der Waals surface area (Å²) in [6, 6.07) is 9.73. The molecule has 0 aliphatic carbocycles. The first-order valence-electron chi connectivity index (χ1n) is 13.9. The molecule has 4 rings (SSSR count). The summed E-state index contributed by atoms with van der Waals surface area (Å²) in [5.41, 5.74) is 2.51. The molecule has 2 aromatic carbocycles. The van der Waals surface area contributed by atoms with Gasteiger partial charge in [-0.3, -0.25) is 19.1 Å². The van der Waals surface area contributed by atoms with E-state index in [4.69, 9.17) is 9.47 Å². The number of aromatic nitrogens is 2. The van der Waals surface area contributed by atoms with Crippen LogP contribution in [0.2, 0.25) is 0 Å². The summed E-state index contributed by atoms with van der Waals surface area (Å²) >= 11 is 0. The quantitative estimate of drug-likeness (QED) is 0.365. The van der Waals surface area contributed by atoms with Crippen LogP contribution in [0.4, 0.5) is 15.8 Å². The summed E-state index contributed by atoms with van der Waals surface area (Å²) in [4.78, 5) is 41.2. The highest BCUT2D eigenvalue weighted by molar-refractivity contribution is 6.01. The molecular weight excluding hydrogens is 541 g/mol. The summed E-state index contributed by atoms with van der Waals surface area (Å²) in [7, 11) is 1.73. The summed E-state index contributed by atoms with van der Waals surface area (Å²) in [5, 5.41) is 9.98. The Morgan fingerprint density at radius 1 is 1.10 bits per heavy atom. The predicted octanol–water partition coefficient (Wildman–Crippen LogP) is 4.54. The molecule has 0 radical (unpaired) electrons. The van der Waals surface area contributed by atoms with Gasteiger partial charge >= 0.3 is 0 Å². The van der Waals surface area contributed by atoms with Crippen molar-refractivity contribution in [3.05, 3.63) is 76.9 Å². The first-order chi connectivity index (χ1) is 20.0. The zero-order valence-electron chi connectivity index (χ0n) is 24.7. The second kappa shape index (κ2) is 13.3. The topological polar surface area (TPSA) is 115 Å². The van der Waals surface area contributed by atoms with Gasteiger partial charge in [-0.25, -0.2) is 4.39 Å². The smallest absolute Gasteiger partial charge is 0.275 e. The largest absolute Gasteiger partial charge is 0.381 e. The van der Waals surface area contributed by atoms with Crippen LogP contribution >= 0.6 is 0 Å². The Balaban J connectivity index is 1.72. The van der Waals surface area contributed by atoms with Crippen LogP contribution < -0.4 is 10.6 Å². The Kier molecular flexibility index (Phi) is 9.74. The van der Waals surface area contributed by atoms with E-state index in [9.17, 15) is 18.8 Å². The van der Waals surface area contributed by atoms with Gasteiger partial charge in [0.25, 0.3) is 11.8 Å². The molecule has 1 atom stereocenters. The van der Waals surface area contributed by atoms with Crippen molar-refractivity contribution in [2.75, 3.05) is 37.0 Å². The lowest BCUT2D eigenvalue weighted by Crippen LogP contribution is -2.45. The highest BCUT2D eigenvalue weighted by atomic mass is 19.1. The van der Waals surface area contributed by atoms with Crippen molar-refractivity contribution in [3.63, 3.8) is 0 Å². The van der Waals surface area contributed by atoms with Crippen LogP contribution in [-0.4, -0.2) is 64.4 Å². The SMILES string of the molecule is CC(=O)Nc1ccc(C(C(=O)Nc2ccc(F)cc2C)N(CCOC2(C)CCOCC2)C(=O)c2nn(C)cc2C)cc1. The monoisotopic (exact) mass is 579 g/mol. The molecule has 0 saturated carbocycles. The van der Waals surface area contributed by atoms with E-state index < -0.39 is 29.3 Å². The van der Waals surface area contributed by atoms with Gasteiger partial charge in [0.05, 0.1) is 12.2 Å². The number of aryl methyl sites for hydroxylation is 3. The number of nitrogens with zero attached hydrogens (tertiary/aromatic N) is 3. The van der Waals surface area contributed by atoms with Crippen molar-refractivity contribution in [1.82, 2.24) is 14.7 Å². The number of hydrogen-bond donors (Lipinski definition) is 2. The van der Waals surface area contributed by atoms with Gasteiger partial charge in [-0.2, -0.15) is 5.10 Å².